The van der Waals surface area contributed by atoms with Gasteiger partial charge in [-0.15, -0.1) is 11.8 Å². The standard InChI is InChI=1S/C19H25N3O2S/c1-11(2)16-10-25-17(21-16)6-7-23-18-12(3)8-15(9-13(18)4)19-20-14(5)24-22-19/h8-9,11,16H,6-7,10H2,1-5H3. The lowest BCUT2D eigenvalue weighted by molar-refractivity contribution is 0.325. The average molecular weight is 359 g/mol. The molecule has 1 atom stereocenters. The molecule has 0 amide bonds. The Kier molecular flexibility index (Phi) is 5.47. The van der Waals surface area contributed by atoms with Crippen molar-refractivity contribution in [3.63, 3.8) is 0 Å². The second kappa shape index (κ2) is 7.60. The van der Waals surface area contributed by atoms with Crippen molar-refractivity contribution in [1.82, 2.24) is 10.1 Å². The van der Waals surface area contributed by atoms with Crippen LogP contribution < -0.4 is 4.74 Å². The van der Waals surface area contributed by atoms with Gasteiger partial charge < -0.3 is 9.26 Å². The van der Waals surface area contributed by atoms with Crippen molar-refractivity contribution in [3.8, 4) is 17.1 Å². The number of rotatable bonds is 6. The molecule has 0 saturated heterocycles. The van der Waals surface area contributed by atoms with E-state index < -0.39 is 0 Å². The summed E-state index contributed by atoms with van der Waals surface area (Å²) >= 11 is 1.87. The molecule has 2 aromatic rings. The van der Waals surface area contributed by atoms with Crippen molar-refractivity contribution in [3.05, 3.63) is 29.2 Å². The molecule has 0 saturated carbocycles. The number of hydrogen-bond acceptors (Lipinski definition) is 6. The lowest BCUT2D eigenvalue weighted by Gasteiger charge is -2.13. The van der Waals surface area contributed by atoms with Gasteiger partial charge in [0.05, 0.1) is 17.7 Å². The average Bonchev–Trinajstić information content (AvgIpc) is 3.19. The minimum absolute atomic E-state index is 0.459. The molecule has 6 heteroatoms. The molecule has 0 aliphatic carbocycles. The highest BCUT2D eigenvalue weighted by Gasteiger charge is 2.21. The first-order chi connectivity index (χ1) is 11.9. The summed E-state index contributed by atoms with van der Waals surface area (Å²) in [5.74, 6) is 3.83. The van der Waals surface area contributed by atoms with Crippen LogP contribution in [0.3, 0.4) is 0 Å². The Labute approximate surface area is 153 Å². The molecule has 134 valence electrons. The normalized spacial score (nSPS) is 17.2. The van der Waals surface area contributed by atoms with Gasteiger partial charge in [-0.1, -0.05) is 19.0 Å². The Morgan fingerprint density at radius 1 is 1.24 bits per heavy atom. The second-order valence-corrected chi connectivity index (χ2v) is 7.91. The molecule has 0 N–H and O–H groups in total. The third-order valence-electron chi connectivity index (χ3n) is 4.31. The van der Waals surface area contributed by atoms with Crippen molar-refractivity contribution in [2.24, 2.45) is 10.9 Å². The van der Waals surface area contributed by atoms with Gasteiger partial charge in [-0.05, 0) is 43.0 Å². The van der Waals surface area contributed by atoms with E-state index in [-0.39, 0.29) is 0 Å². The minimum atomic E-state index is 0.459. The predicted molar refractivity (Wildman–Crippen MR) is 103 cm³/mol. The van der Waals surface area contributed by atoms with Gasteiger partial charge in [-0.3, -0.25) is 4.99 Å². The maximum Gasteiger partial charge on any atom is 0.223 e. The van der Waals surface area contributed by atoms with E-state index >= 15 is 0 Å². The number of benzene rings is 1. The van der Waals surface area contributed by atoms with Crippen LogP contribution in [0.2, 0.25) is 0 Å². The van der Waals surface area contributed by atoms with E-state index in [9.17, 15) is 0 Å². The molecule has 0 radical (unpaired) electrons. The minimum Gasteiger partial charge on any atom is -0.493 e. The van der Waals surface area contributed by atoms with E-state index in [0.717, 1.165) is 34.6 Å². The van der Waals surface area contributed by atoms with Crippen LogP contribution in [0.25, 0.3) is 11.4 Å². The third-order valence-corrected chi connectivity index (χ3v) is 5.46. The zero-order valence-corrected chi connectivity index (χ0v) is 16.3. The van der Waals surface area contributed by atoms with Crippen molar-refractivity contribution in [2.45, 2.75) is 47.1 Å². The van der Waals surface area contributed by atoms with Crippen LogP contribution in [0.4, 0.5) is 0 Å². The van der Waals surface area contributed by atoms with Crippen LogP contribution in [-0.2, 0) is 0 Å². The maximum atomic E-state index is 6.06. The SMILES string of the molecule is Cc1nc(-c2cc(C)c(OCCC3=NC(C(C)C)CS3)c(C)c2)no1. The molecule has 3 rings (SSSR count). The molecule has 1 aromatic carbocycles. The number of hydrogen-bond donors (Lipinski definition) is 0. The number of aromatic nitrogens is 2. The quantitative estimate of drug-likeness (QED) is 0.754. The van der Waals surface area contributed by atoms with E-state index in [4.69, 9.17) is 14.3 Å². The van der Waals surface area contributed by atoms with Gasteiger partial charge in [-0.2, -0.15) is 4.98 Å². The zero-order valence-electron chi connectivity index (χ0n) is 15.5. The van der Waals surface area contributed by atoms with E-state index in [1.165, 1.54) is 5.04 Å². The highest BCUT2D eigenvalue weighted by Crippen LogP contribution is 2.30. The topological polar surface area (TPSA) is 60.5 Å². The van der Waals surface area contributed by atoms with Crippen molar-refractivity contribution in [1.29, 1.82) is 0 Å². The molecule has 0 fully saturated rings. The summed E-state index contributed by atoms with van der Waals surface area (Å²) in [6.07, 6.45) is 0.874. The van der Waals surface area contributed by atoms with Gasteiger partial charge in [0.15, 0.2) is 0 Å². The molecule has 5 nitrogen and oxygen atoms in total. The first-order valence-electron chi connectivity index (χ1n) is 8.68. The fourth-order valence-corrected chi connectivity index (χ4v) is 4.14. The Balaban J connectivity index is 1.64. The van der Waals surface area contributed by atoms with Crippen LogP contribution in [0.5, 0.6) is 5.75 Å². The molecule has 1 unspecified atom stereocenters. The Morgan fingerprint density at radius 2 is 1.96 bits per heavy atom. The largest absolute Gasteiger partial charge is 0.493 e. The van der Waals surface area contributed by atoms with Crippen LogP contribution in [0.15, 0.2) is 21.6 Å². The summed E-state index contributed by atoms with van der Waals surface area (Å²) in [6, 6.07) is 4.55. The molecule has 1 aliphatic rings. The van der Waals surface area contributed by atoms with Crippen LogP contribution >= 0.6 is 11.8 Å². The molecule has 1 aromatic heterocycles. The number of aryl methyl sites for hydroxylation is 3. The second-order valence-electron chi connectivity index (χ2n) is 6.82. The van der Waals surface area contributed by atoms with E-state index in [2.05, 4.69) is 37.8 Å². The van der Waals surface area contributed by atoms with Gasteiger partial charge in [-0.25, -0.2) is 0 Å². The fraction of sp³-hybridized carbons (Fsp3) is 0.526. The summed E-state index contributed by atoms with van der Waals surface area (Å²) in [4.78, 5) is 9.08. The van der Waals surface area contributed by atoms with Gasteiger partial charge in [0, 0.05) is 24.7 Å². The molecule has 2 heterocycles. The molecular weight excluding hydrogens is 334 g/mol. The monoisotopic (exact) mass is 359 g/mol. The number of ether oxygens (including phenoxy) is 1. The number of aliphatic imine (C=N–C) groups is 1. The van der Waals surface area contributed by atoms with Gasteiger partial charge in [0.2, 0.25) is 11.7 Å². The first kappa shape index (κ1) is 18.0. The van der Waals surface area contributed by atoms with E-state index in [0.29, 0.717) is 30.3 Å². The Morgan fingerprint density at radius 3 is 2.52 bits per heavy atom. The molecule has 25 heavy (non-hydrogen) atoms. The highest BCUT2D eigenvalue weighted by atomic mass is 32.2. The van der Waals surface area contributed by atoms with Crippen LogP contribution in [-0.4, -0.2) is 33.6 Å². The lowest BCUT2D eigenvalue weighted by atomic mass is 10.1. The van der Waals surface area contributed by atoms with Crippen molar-refractivity contribution < 1.29 is 9.26 Å². The van der Waals surface area contributed by atoms with E-state index in [1.54, 1.807) is 6.92 Å². The third kappa shape index (κ3) is 4.24. The van der Waals surface area contributed by atoms with Crippen molar-refractivity contribution >= 4 is 16.8 Å². The summed E-state index contributed by atoms with van der Waals surface area (Å²) in [5, 5.41) is 5.20. The number of nitrogens with zero attached hydrogens (tertiary/aromatic N) is 3. The fourth-order valence-electron chi connectivity index (χ4n) is 2.88. The maximum absolute atomic E-state index is 6.06. The Bertz CT molecular complexity index is 760. The first-order valence-corrected chi connectivity index (χ1v) is 9.67. The summed E-state index contributed by atoms with van der Waals surface area (Å²) in [7, 11) is 0. The summed E-state index contributed by atoms with van der Waals surface area (Å²) in [5.41, 5.74) is 3.12. The van der Waals surface area contributed by atoms with Crippen LogP contribution in [0, 0.1) is 26.7 Å². The highest BCUT2D eigenvalue weighted by molar-refractivity contribution is 8.14. The van der Waals surface area contributed by atoms with Gasteiger partial charge in [0.1, 0.15) is 5.75 Å². The van der Waals surface area contributed by atoms with Gasteiger partial charge >= 0.3 is 0 Å². The van der Waals surface area contributed by atoms with Gasteiger partial charge in [0.25, 0.3) is 0 Å². The smallest absolute Gasteiger partial charge is 0.223 e. The van der Waals surface area contributed by atoms with Crippen molar-refractivity contribution in [2.75, 3.05) is 12.4 Å². The number of thioether (sulfide) groups is 1. The molecule has 1 aliphatic heterocycles. The van der Waals surface area contributed by atoms with Crippen LogP contribution in [0.1, 0.15) is 37.3 Å². The molecular formula is C19H25N3O2S. The zero-order chi connectivity index (χ0) is 18.0. The predicted octanol–water partition coefficient (Wildman–Crippen LogP) is 4.60. The molecule has 0 bridgehead atoms. The Hall–Kier alpha value is -1.82. The summed E-state index contributed by atoms with van der Waals surface area (Å²) < 4.78 is 11.1. The molecule has 0 spiro atoms. The summed E-state index contributed by atoms with van der Waals surface area (Å²) in [6.45, 7) is 11.0. The van der Waals surface area contributed by atoms with E-state index in [1.807, 2.05) is 23.9 Å². The lowest BCUT2D eigenvalue weighted by Crippen LogP contribution is -2.11.